The Hall–Kier alpha value is -0.900. The van der Waals surface area contributed by atoms with E-state index >= 15 is 0 Å². The summed E-state index contributed by atoms with van der Waals surface area (Å²) in [5.41, 5.74) is -0.313. The van der Waals surface area contributed by atoms with Crippen molar-refractivity contribution in [2.75, 3.05) is 13.2 Å². The molecule has 0 atom stereocenters. The van der Waals surface area contributed by atoms with Gasteiger partial charge in [-0.05, 0) is 46.5 Å². The summed E-state index contributed by atoms with van der Waals surface area (Å²) in [6.45, 7) is 13.4. The Kier molecular flexibility index (Phi) is 12.8. The Bertz CT molecular complexity index is 388. The van der Waals surface area contributed by atoms with Crippen molar-refractivity contribution in [3.63, 3.8) is 0 Å². The Morgan fingerprint density at radius 2 is 1.15 bits per heavy atom. The molecule has 0 aliphatic heterocycles. The van der Waals surface area contributed by atoms with Gasteiger partial charge in [0.25, 0.3) is 0 Å². The van der Waals surface area contributed by atoms with E-state index in [-0.39, 0.29) is 22.8 Å². The molecule has 0 spiro atoms. The van der Waals surface area contributed by atoms with Crippen LogP contribution in [0.3, 0.4) is 0 Å². The molecule has 0 unspecified atom stereocenters. The van der Waals surface area contributed by atoms with Crippen molar-refractivity contribution in [1.29, 1.82) is 0 Å². The molecule has 0 rings (SSSR count). The average molecular weight is 371 g/mol. The molecule has 154 valence electrons. The van der Waals surface area contributed by atoms with Crippen LogP contribution in [-0.4, -0.2) is 30.6 Å². The minimum atomic E-state index is -0.278. The van der Waals surface area contributed by atoms with Crippen LogP contribution in [-0.2, 0) is 19.1 Å². The number of hydrogen-bond donors (Lipinski definition) is 0. The monoisotopic (exact) mass is 370 g/mol. The number of carbonyl (C=O) groups is 2. The summed E-state index contributed by atoms with van der Waals surface area (Å²) in [4.78, 5) is 23.4. The third kappa shape index (κ3) is 16.6. The van der Waals surface area contributed by atoms with Gasteiger partial charge in [0, 0.05) is 24.9 Å². The number of rotatable bonds is 14. The van der Waals surface area contributed by atoms with Crippen LogP contribution in [0.1, 0.15) is 106 Å². The highest BCUT2D eigenvalue weighted by Crippen LogP contribution is 2.18. The fourth-order valence-corrected chi connectivity index (χ4v) is 2.48. The SMILES string of the molecule is CC(C)(C)OCCCCCCCCOC(=O)CCCCC(=O)C(C)(C)C. The normalized spacial score (nSPS) is 12.2. The zero-order valence-electron chi connectivity index (χ0n) is 18.1. The third-order valence-corrected chi connectivity index (χ3v) is 4.21. The highest BCUT2D eigenvalue weighted by atomic mass is 16.5. The van der Waals surface area contributed by atoms with Gasteiger partial charge in [0.1, 0.15) is 5.78 Å². The fourth-order valence-electron chi connectivity index (χ4n) is 2.48. The van der Waals surface area contributed by atoms with Crippen LogP contribution in [0.4, 0.5) is 0 Å². The molecule has 0 aliphatic rings. The first-order valence-corrected chi connectivity index (χ1v) is 10.4. The van der Waals surface area contributed by atoms with Crippen molar-refractivity contribution < 1.29 is 19.1 Å². The number of Topliss-reactive ketones (excluding diaryl/α,β-unsaturated/α-hetero) is 1. The van der Waals surface area contributed by atoms with Crippen molar-refractivity contribution >= 4 is 11.8 Å². The second kappa shape index (κ2) is 13.3. The van der Waals surface area contributed by atoms with E-state index in [9.17, 15) is 9.59 Å². The number of ether oxygens (including phenoxy) is 2. The number of esters is 1. The summed E-state index contributed by atoms with van der Waals surface area (Å²) in [5, 5.41) is 0. The molecule has 0 fully saturated rings. The predicted molar refractivity (Wildman–Crippen MR) is 107 cm³/mol. The molecule has 0 saturated carbocycles. The fraction of sp³-hybridized carbons (Fsp3) is 0.909. The standard InChI is InChI=1S/C22H42O4/c1-21(2,3)19(23)15-11-12-16-20(24)25-17-13-9-7-8-10-14-18-26-22(4,5)6/h7-18H2,1-6H3. The quantitative estimate of drug-likeness (QED) is 0.284. The number of unbranched alkanes of at least 4 members (excludes halogenated alkanes) is 6. The summed E-state index contributed by atoms with van der Waals surface area (Å²) in [6, 6.07) is 0. The van der Waals surface area contributed by atoms with E-state index in [1.165, 1.54) is 19.3 Å². The van der Waals surface area contributed by atoms with Gasteiger partial charge >= 0.3 is 5.97 Å². The van der Waals surface area contributed by atoms with Crippen molar-refractivity contribution in [2.45, 2.75) is 111 Å². The second-order valence-corrected chi connectivity index (χ2v) is 9.18. The molecule has 0 aromatic carbocycles. The first kappa shape index (κ1) is 25.1. The molecule has 0 aromatic heterocycles. The summed E-state index contributed by atoms with van der Waals surface area (Å²) in [5.74, 6) is 0.128. The van der Waals surface area contributed by atoms with E-state index in [1.54, 1.807) is 0 Å². The summed E-state index contributed by atoms with van der Waals surface area (Å²) < 4.78 is 10.9. The van der Waals surface area contributed by atoms with Crippen LogP contribution >= 0.6 is 0 Å². The van der Waals surface area contributed by atoms with Crippen LogP contribution in [0.25, 0.3) is 0 Å². The third-order valence-electron chi connectivity index (χ3n) is 4.21. The zero-order chi connectivity index (χ0) is 20.1. The van der Waals surface area contributed by atoms with E-state index in [2.05, 4.69) is 20.8 Å². The predicted octanol–water partition coefficient (Wildman–Crippen LogP) is 5.86. The molecule has 0 aromatic rings. The highest BCUT2D eigenvalue weighted by molar-refractivity contribution is 5.83. The lowest BCUT2D eigenvalue weighted by Crippen LogP contribution is -2.19. The van der Waals surface area contributed by atoms with Gasteiger partial charge in [-0.3, -0.25) is 9.59 Å². The van der Waals surface area contributed by atoms with Gasteiger partial charge in [0.05, 0.1) is 12.2 Å². The van der Waals surface area contributed by atoms with Gasteiger partial charge in [0.15, 0.2) is 0 Å². The lowest BCUT2D eigenvalue weighted by atomic mass is 9.88. The van der Waals surface area contributed by atoms with E-state index in [0.29, 0.717) is 19.4 Å². The summed E-state index contributed by atoms with van der Waals surface area (Å²) >= 11 is 0. The van der Waals surface area contributed by atoms with Gasteiger partial charge in [-0.15, -0.1) is 0 Å². The number of ketones is 1. The molecule has 0 aliphatic carbocycles. The van der Waals surface area contributed by atoms with Gasteiger partial charge in [-0.25, -0.2) is 0 Å². The van der Waals surface area contributed by atoms with E-state index in [0.717, 1.165) is 38.7 Å². The van der Waals surface area contributed by atoms with Crippen molar-refractivity contribution in [1.82, 2.24) is 0 Å². The molecule has 4 nitrogen and oxygen atoms in total. The molecule has 26 heavy (non-hydrogen) atoms. The van der Waals surface area contributed by atoms with Crippen LogP contribution in [0.2, 0.25) is 0 Å². The lowest BCUT2D eigenvalue weighted by molar-refractivity contribution is -0.144. The summed E-state index contributed by atoms with van der Waals surface area (Å²) in [6.07, 6.45) is 9.22. The Morgan fingerprint density at radius 3 is 1.69 bits per heavy atom. The Morgan fingerprint density at radius 1 is 0.654 bits per heavy atom. The van der Waals surface area contributed by atoms with Gasteiger partial charge in [-0.2, -0.15) is 0 Å². The van der Waals surface area contributed by atoms with Crippen LogP contribution in [0.5, 0.6) is 0 Å². The molecule has 4 heteroatoms. The molecule has 0 saturated heterocycles. The first-order chi connectivity index (χ1) is 12.0. The summed E-state index contributed by atoms with van der Waals surface area (Å²) in [7, 11) is 0. The number of hydrogen-bond acceptors (Lipinski definition) is 4. The molecule has 0 heterocycles. The van der Waals surface area contributed by atoms with Crippen LogP contribution in [0, 0.1) is 5.41 Å². The topological polar surface area (TPSA) is 52.6 Å². The Balaban J connectivity index is 3.38. The number of carbonyl (C=O) groups excluding carboxylic acids is 2. The molecule has 0 radical (unpaired) electrons. The van der Waals surface area contributed by atoms with E-state index in [1.807, 2.05) is 20.8 Å². The average Bonchev–Trinajstić information content (AvgIpc) is 2.51. The molecule has 0 bridgehead atoms. The van der Waals surface area contributed by atoms with E-state index in [4.69, 9.17) is 9.47 Å². The van der Waals surface area contributed by atoms with Gasteiger partial charge < -0.3 is 9.47 Å². The van der Waals surface area contributed by atoms with Gasteiger partial charge in [0.2, 0.25) is 0 Å². The molecule has 0 N–H and O–H groups in total. The van der Waals surface area contributed by atoms with Crippen molar-refractivity contribution in [3.05, 3.63) is 0 Å². The second-order valence-electron chi connectivity index (χ2n) is 9.18. The lowest BCUT2D eigenvalue weighted by Gasteiger charge is -2.19. The molecule has 0 amide bonds. The molecular weight excluding hydrogens is 328 g/mol. The van der Waals surface area contributed by atoms with E-state index < -0.39 is 0 Å². The minimum absolute atomic E-state index is 0.0357. The van der Waals surface area contributed by atoms with Crippen LogP contribution < -0.4 is 0 Å². The maximum absolute atomic E-state index is 11.8. The van der Waals surface area contributed by atoms with Gasteiger partial charge in [-0.1, -0.05) is 46.5 Å². The Labute approximate surface area is 161 Å². The van der Waals surface area contributed by atoms with Crippen molar-refractivity contribution in [3.8, 4) is 0 Å². The highest BCUT2D eigenvalue weighted by Gasteiger charge is 2.20. The maximum atomic E-state index is 11.8. The maximum Gasteiger partial charge on any atom is 0.305 e. The molecular formula is C22H42O4. The smallest absolute Gasteiger partial charge is 0.305 e. The van der Waals surface area contributed by atoms with Crippen LogP contribution in [0.15, 0.2) is 0 Å². The van der Waals surface area contributed by atoms with Crippen molar-refractivity contribution in [2.24, 2.45) is 5.41 Å². The zero-order valence-corrected chi connectivity index (χ0v) is 18.1. The first-order valence-electron chi connectivity index (χ1n) is 10.4. The largest absolute Gasteiger partial charge is 0.466 e. The minimum Gasteiger partial charge on any atom is -0.466 e.